The van der Waals surface area contributed by atoms with Crippen molar-refractivity contribution in [2.75, 3.05) is 0 Å². The van der Waals surface area contributed by atoms with Crippen molar-refractivity contribution in [3.63, 3.8) is 0 Å². The third-order valence-corrected chi connectivity index (χ3v) is 3.74. The number of benzene rings is 1. The molecule has 0 spiro atoms. The van der Waals surface area contributed by atoms with Gasteiger partial charge in [-0.2, -0.15) is 0 Å². The molecular formula is C15H16N2O. The van der Waals surface area contributed by atoms with Crippen LogP contribution in [-0.2, 0) is 12.8 Å². The maximum absolute atomic E-state index is 11.8. The van der Waals surface area contributed by atoms with Gasteiger partial charge < -0.3 is 5.73 Å². The van der Waals surface area contributed by atoms with Gasteiger partial charge >= 0.3 is 0 Å². The van der Waals surface area contributed by atoms with Crippen molar-refractivity contribution in [2.24, 2.45) is 5.73 Å². The molecule has 1 aliphatic rings. The minimum absolute atomic E-state index is 0.328. The zero-order valence-electron chi connectivity index (χ0n) is 10.5. The smallest absolute Gasteiger partial charge is 0.249 e. The number of carbonyl (C=O) groups excluding carboxylic acids is 1. The van der Waals surface area contributed by atoms with Crippen LogP contribution in [0, 0.1) is 6.92 Å². The molecule has 0 bridgehead atoms. The minimum atomic E-state index is -0.328. The van der Waals surface area contributed by atoms with E-state index in [4.69, 9.17) is 10.7 Å². The average molecular weight is 240 g/mol. The molecule has 2 aromatic rings. The van der Waals surface area contributed by atoms with Crippen LogP contribution in [0.2, 0.25) is 0 Å². The summed E-state index contributed by atoms with van der Waals surface area (Å²) < 4.78 is 0. The van der Waals surface area contributed by atoms with Gasteiger partial charge in [-0.05, 0) is 43.7 Å². The topological polar surface area (TPSA) is 56.0 Å². The fourth-order valence-corrected chi connectivity index (χ4v) is 2.87. The van der Waals surface area contributed by atoms with Gasteiger partial charge in [0.2, 0.25) is 5.91 Å². The Labute approximate surface area is 106 Å². The van der Waals surface area contributed by atoms with Gasteiger partial charge in [0.15, 0.2) is 0 Å². The Kier molecular flexibility index (Phi) is 2.54. The summed E-state index contributed by atoms with van der Waals surface area (Å²) in [5.74, 6) is -0.328. The normalized spacial score (nSPS) is 14.5. The lowest BCUT2D eigenvalue weighted by Gasteiger charge is -2.19. The molecule has 0 aliphatic heterocycles. The van der Waals surface area contributed by atoms with E-state index in [1.54, 1.807) is 0 Å². The highest BCUT2D eigenvalue weighted by Crippen LogP contribution is 2.30. The first-order valence-electron chi connectivity index (χ1n) is 6.39. The average Bonchev–Trinajstić information content (AvgIpc) is 2.36. The maximum atomic E-state index is 11.8. The first kappa shape index (κ1) is 11.2. The van der Waals surface area contributed by atoms with Crippen LogP contribution in [0.3, 0.4) is 0 Å². The van der Waals surface area contributed by atoms with Crippen molar-refractivity contribution in [3.05, 3.63) is 40.6 Å². The molecule has 1 heterocycles. The summed E-state index contributed by atoms with van der Waals surface area (Å²) in [6.45, 7) is 2.02. The summed E-state index contributed by atoms with van der Waals surface area (Å²) in [6.07, 6.45) is 4.15. The predicted molar refractivity (Wildman–Crippen MR) is 71.6 cm³/mol. The summed E-state index contributed by atoms with van der Waals surface area (Å²) in [5, 5.41) is 0.906. The number of primary amides is 1. The standard InChI is InChI=1S/C15H16N2O/c1-9-5-4-7-11-13(15(16)18)10-6-2-3-8-12(10)17-14(9)11/h4-5,7H,2-3,6,8H2,1H3,(H2,16,18). The number of para-hydroxylation sites is 1. The molecule has 92 valence electrons. The second-order valence-electron chi connectivity index (χ2n) is 4.95. The van der Waals surface area contributed by atoms with Gasteiger partial charge in [-0.15, -0.1) is 0 Å². The van der Waals surface area contributed by atoms with E-state index in [1.807, 2.05) is 25.1 Å². The highest BCUT2D eigenvalue weighted by molar-refractivity contribution is 6.07. The monoisotopic (exact) mass is 240 g/mol. The Morgan fingerprint density at radius 3 is 2.83 bits per heavy atom. The van der Waals surface area contributed by atoms with Crippen molar-refractivity contribution in [2.45, 2.75) is 32.6 Å². The Hall–Kier alpha value is -1.90. The SMILES string of the molecule is Cc1cccc2c(C(N)=O)c3c(nc12)CCCC3. The fraction of sp³-hybridized carbons (Fsp3) is 0.333. The number of nitrogens with zero attached hydrogens (tertiary/aromatic N) is 1. The number of hydrogen-bond donors (Lipinski definition) is 1. The van der Waals surface area contributed by atoms with Gasteiger partial charge in [0.25, 0.3) is 0 Å². The van der Waals surface area contributed by atoms with Crippen LogP contribution >= 0.6 is 0 Å². The summed E-state index contributed by atoms with van der Waals surface area (Å²) >= 11 is 0. The second-order valence-corrected chi connectivity index (χ2v) is 4.95. The van der Waals surface area contributed by atoms with Gasteiger partial charge in [-0.3, -0.25) is 9.78 Å². The molecule has 3 rings (SSSR count). The zero-order valence-corrected chi connectivity index (χ0v) is 10.5. The first-order valence-corrected chi connectivity index (χ1v) is 6.39. The van der Waals surface area contributed by atoms with Crippen LogP contribution < -0.4 is 5.73 Å². The third kappa shape index (κ3) is 1.58. The van der Waals surface area contributed by atoms with E-state index < -0.39 is 0 Å². The van der Waals surface area contributed by atoms with Crippen molar-refractivity contribution in [1.82, 2.24) is 4.98 Å². The van der Waals surface area contributed by atoms with E-state index in [0.717, 1.165) is 53.4 Å². The molecule has 1 aliphatic carbocycles. The van der Waals surface area contributed by atoms with Gasteiger partial charge in [0.1, 0.15) is 0 Å². The minimum Gasteiger partial charge on any atom is -0.366 e. The quantitative estimate of drug-likeness (QED) is 0.832. The third-order valence-electron chi connectivity index (χ3n) is 3.74. The molecule has 0 unspecified atom stereocenters. The van der Waals surface area contributed by atoms with Crippen LogP contribution in [0.25, 0.3) is 10.9 Å². The Balaban J connectivity index is 2.44. The second kappa shape index (κ2) is 4.09. The number of hydrogen-bond acceptors (Lipinski definition) is 2. The number of pyridine rings is 1. The summed E-state index contributed by atoms with van der Waals surface area (Å²) in [5.41, 5.74) is 10.4. The number of amides is 1. The molecule has 3 nitrogen and oxygen atoms in total. The fourth-order valence-electron chi connectivity index (χ4n) is 2.87. The lowest BCUT2D eigenvalue weighted by atomic mass is 9.89. The van der Waals surface area contributed by atoms with Crippen molar-refractivity contribution in [3.8, 4) is 0 Å². The van der Waals surface area contributed by atoms with Gasteiger partial charge in [0.05, 0.1) is 11.1 Å². The zero-order chi connectivity index (χ0) is 12.7. The predicted octanol–water partition coefficient (Wildman–Crippen LogP) is 2.52. The summed E-state index contributed by atoms with van der Waals surface area (Å²) in [4.78, 5) is 16.5. The number of carbonyl (C=O) groups is 1. The van der Waals surface area contributed by atoms with Crippen LogP contribution in [0.1, 0.15) is 40.0 Å². The van der Waals surface area contributed by atoms with Gasteiger partial charge in [-0.1, -0.05) is 18.2 Å². The molecule has 0 saturated carbocycles. The van der Waals surface area contributed by atoms with Crippen LogP contribution in [-0.4, -0.2) is 10.9 Å². The van der Waals surface area contributed by atoms with Crippen molar-refractivity contribution < 1.29 is 4.79 Å². The molecule has 18 heavy (non-hydrogen) atoms. The van der Waals surface area contributed by atoms with Gasteiger partial charge in [-0.25, -0.2) is 0 Å². The number of aryl methyl sites for hydroxylation is 2. The van der Waals surface area contributed by atoms with E-state index in [9.17, 15) is 4.79 Å². The molecule has 1 aromatic carbocycles. The Bertz CT molecular complexity index is 646. The van der Waals surface area contributed by atoms with E-state index in [1.165, 1.54) is 0 Å². The van der Waals surface area contributed by atoms with E-state index in [-0.39, 0.29) is 5.91 Å². The molecule has 0 fully saturated rings. The van der Waals surface area contributed by atoms with E-state index in [2.05, 4.69) is 0 Å². The number of rotatable bonds is 1. The van der Waals surface area contributed by atoms with E-state index in [0.29, 0.717) is 5.56 Å². The highest BCUT2D eigenvalue weighted by Gasteiger charge is 2.21. The Morgan fingerprint density at radius 1 is 1.28 bits per heavy atom. The van der Waals surface area contributed by atoms with Crippen molar-refractivity contribution >= 4 is 16.8 Å². The van der Waals surface area contributed by atoms with Gasteiger partial charge in [0, 0.05) is 11.1 Å². The number of aromatic nitrogens is 1. The molecule has 1 amide bonds. The molecule has 1 aromatic heterocycles. The number of fused-ring (bicyclic) bond motifs is 2. The lowest BCUT2D eigenvalue weighted by molar-refractivity contribution is 0.100. The van der Waals surface area contributed by atoms with E-state index >= 15 is 0 Å². The largest absolute Gasteiger partial charge is 0.366 e. The van der Waals surface area contributed by atoms with Crippen LogP contribution in [0.4, 0.5) is 0 Å². The maximum Gasteiger partial charge on any atom is 0.249 e. The Morgan fingerprint density at radius 2 is 2.06 bits per heavy atom. The molecule has 0 radical (unpaired) electrons. The van der Waals surface area contributed by atoms with Crippen molar-refractivity contribution in [1.29, 1.82) is 0 Å². The molecule has 2 N–H and O–H groups in total. The molecular weight excluding hydrogens is 224 g/mol. The van der Waals surface area contributed by atoms with Crippen LogP contribution in [0.15, 0.2) is 18.2 Å². The molecule has 0 atom stereocenters. The first-order chi connectivity index (χ1) is 8.68. The molecule has 3 heteroatoms. The lowest BCUT2D eigenvalue weighted by Crippen LogP contribution is -2.19. The highest BCUT2D eigenvalue weighted by atomic mass is 16.1. The summed E-state index contributed by atoms with van der Waals surface area (Å²) in [7, 11) is 0. The molecule has 0 saturated heterocycles. The van der Waals surface area contributed by atoms with Crippen LogP contribution in [0.5, 0.6) is 0 Å². The number of nitrogens with two attached hydrogens (primary N) is 1. The summed E-state index contributed by atoms with van der Waals surface area (Å²) in [6, 6.07) is 5.93.